The Balaban J connectivity index is 1.59. The van der Waals surface area contributed by atoms with Crippen molar-refractivity contribution >= 4 is 17.3 Å². The van der Waals surface area contributed by atoms with E-state index in [2.05, 4.69) is 58.2 Å². The van der Waals surface area contributed by atoms with Crippen LogP contribution in [0.2, 0.25) is 0 Å². The number of benzene rings is 1. The maximum atomic E-state index is 13.3. The first-order valence-electron chi connectivity index (χ1n) is 11.1. The zero-order chi connectivity index (χ0) is 20.2. The lowest BCUT2D eigenvalue weighted by atomic mass is 9.97. The number of pyridine rings is 1. The molecule has 1 amide bonds. The van der Waals surface area contributed by atoms with Crippen molar-refractivity contribution in [1.82, 2.24) is 10.3 Å². The lowest BCUT2D eigenvalue weighted by Crippen LogP contribution is -2.45. The standard InChI is InChI=1S/C24H32N4O/c1-3-18-9-7-10-19(4-2)23(18)24(29)26-22-11-8-16-28(22)21-17-25-13-12-20(21)27-14-5-6-15-27/h7,9-10,12-13,17,22H,3-6,8,11,14-16H2,1-2H3,(H,26,29). The van der Waals surface area contributed by atoms with Crippen LogP contribution in [0.3, 0.4) is 0 Å². The van der Waals surface area contributed by atoms with Crippen LogP contribution in [0.5, 0.6) is 0 Å². The molecule has 4 rings (SSSR count). The topological polar surface area (TPSA) is 48.5 Å². The number of anilines is 2. The molecule has 0 saturated carbocycles. The molecule has 0 spiro atoms. The van der Waals surface area contributed by atoms with Crippen molar-refractivity contribution in [1.29, 1.82) is 0 Å². The quantitative estimate of drug-likeness (QED) is 0.802. The van der Waals surface area contributed by atoms with E-state index in [-0.39, 0.29) is 12.1 Å². The summed E-state index contributed by atoms with van der Waals surface area (Å²) in [6.45, 7) is 7.39. The van der Waals surface area contributed by atoms with E-state index in [4.69, 9.17) is 0 Å². The number of hydrogen-bond donors (Lipinski definition) is 1. The molecule has 0 bridgehead atoms. The van der Waals surface area contributed by atoms with Crippen LogP contribution in [-0.2, 0) is 12.8 Å². The molecule has 0 radical (unpaired) electrons. The summed E-state index contributed by atoms with van der Waals surface area (Å²) in [4.78, 5) is 22.5. The number of nitrogens with zero attached hydrogens (tertiary/aromatic N) is 3. The second-order valence-electron chi connectivity index (χ2n) is 8.04. The van der Waals surface area contributed by atoms with Gasteiger partial charge in [0.1, 0.15) is 6.17 Å². The maximum absolute atomic E-state index is 13.3. The second-order valence-corrected chi connectivity index (χ2v) is 8.04. The first kappa shape index (κ1) is 19.7. The second kappa shape index (κ2) is 8.85. The molecule has 29 heavy (non-hydrogen) atoms. The molecule has 1 aromatic carbocycles. The van der Waals surface area contributed by atoms with Gasteiger partial charge in [0.2, 0.25) is 0 Å². The Morgan fingerprint density at radius 3 is 2.45 bits per heavy atom. The van der Waals surface area contributed by atoms with Crippen molar-refractivity contribution in [2.75, 3.05) is 29.4 Å². The Labute approximate surface area is 174 Å². The summed E-state index contributed by atoms with van der Waals surface area (Å²) in [5.41, 5.74) is 5.53. The summed E-state index contributed by atoms with van der Waals surface area (Å²) in [6.07, 6.45) is 10.1. The Bertz CT molecular complexity index is 837. The number of aryl methyl sites for hydroxylation is 2. The van der Waals surface area contributed by atoms with Crippen molar-refractivity contribution in [2.24, 2.45) is 0 Å². The fourth-order valence-electron chi connectivity index (χ4n) is 4.79. The van der Waals surface area contributed by atoms with Crippen molar-refractivity contribution in [2.45, 2.75) is 58.5 Å². The molecule has 2 aliphatic rings. The summed E-state index contributed by atoms with van der Waals surface area (Å²) in [6, 6.07) is 8.34. The van der Waals surface area contributed by atoms with Crippen molar-refractivity contribution in [3.63, 3.8) is 0 Å². The molecule has 154 valence electrons. The largest absolute Gasteiger partial charge is 0.370 e. The van der Waals surface area contributed by atoms with Crippen molar-refractivity contribution in [3.05, 3.63) is 53.3 Å². The lowest BCUT2D eigenvalue weighted by molar-refractivity contribution is 0.0936. The van der Waals surface area contributed by atoms with Crippen LogP contribution in [0.25, 0.3) is 0 Å². The van der Waals surface area contributed by atoms with E-state index in [9.17, 15) is 4.79 Å². The molecule has 2 aromatic rings. The van der Waals surface area contributed by atoms with Gasteiger partial charge < -0.3 is 15.1 Å². The number of hydrogen-bond acceptors (Lipinski definition) is 4. The Morgan fingerprint density at radius 2 is 1.76 bits per heavy atom. The molecule has 3 heterocycles. The Morgan fingerprint density at radius 1 is 1.03 bits per heavy atom. The van der Waals surface area contributed by atoms with Crippen LogP contribution in [0.15, 0.2) is 36.7 Å². The molecule has 1 unspecified atom stereocenters. The number of carbonyl (C=O) groups excluding carboxylic acids is 1. The van der Waals surface area contributed by atoms with Crippen molar-refractivity contribution < 1.29 is 4.79 Å². The third kappa shape index (κ3) is 3.96. The number of rotatable bonds is 6. The van der Waals surface area contributed by atoms with E-state index >= 15 is 0 Å². The van der Waals surface area contributed by atoms with Gasteiger partial charge >= 0.3 is 0 Å². The van der Waals surface area contributed by atoms with Gasteiger partial charge in [-0.05, 0) is 55.7 Å². The summed E-state index contributed by atoms with van der Waals surface area (Å²) in [5.74, 6) is 0.0582. The van der Waals surface area contributed by atoms with Gasteiger partial charge in [0.15, 0.2) is 0 Å². The number of carbonyl (C=O) groups is 1. The van der Waals surface area contributed by atoms with Gasteiger partial charge in [0, 0.05) is 31.4 Å². The summed E-state index contributed by atoms with van der Waals surface area (Å²) < 4.78 is 0. The minimum Gasteiger partial charge on any atom is -0.370 e. The fraction of sp³-hybridized carbons (Fsp3) is 0.500. The van der Waals surface area contributed by atoms with E-state index in [1.54, 1.807) is 0 Å². The molecule has 1 N–H and O–H groups in total. The third-order valence-electron chi connectivity index (χ3n) is 6.31. The molecular formula is C24H32N4O. The number of amides is 1. The molecule has 0 aliphatic carbocycles. The van der Waals surface area contributed by atoms with E-state index in [0.717, 1.165) is 67.7 Å². The van der Waals surface area contributed by atoms with Gasteiger partial charge in [-0.3, -0.25) is 9.78 Å². The third-order valence-corrected chi connectivity index (χ3v) is 6.31. The van der Waals surface area contributed by atoms with Gasteiger partial charge in [0.25, 0.3) is 5.91 Å². The molecule has 1 aromatic heterocycles. The highest BCUT2D eigenvalue weighted by atomic mass is 16.1. The smallest absolute Gasteiger partial charge is 0.253 e. The molecule has 2 aliphatic heterocycles. The van der Waals surface area contributed by atoms with Gasteiger partial charge in [-0.25, -0.2) is 0 Å². The average molecular weight is 393 g/mol. The highest BCUT2D eigenvalue weighted by Crippen LogP contribution is 2.34. The van der Waals surface area contributed by atoms with Crippen molar-refractivity contribution in [3.8, 4) is 0 Å². The minimum atomic E-state index is 0.0164. The zero-order valence-corrected chi connectivity index (χ0v) is 17.7. The molecule has 2 saturated heterocycles. The van der Waals surface area contributed by atoms with Crippen LogP contribution in [0.4, 0.5) is 11.4 Å². The van der Waals surface area contributed by atoms with Crippen LogP contribution >= 0.6 is 0 Å². The average Bonchev–Trinajstić information content (AvgIpc) is 3.45. The fourth-order valence-corrected chi connectivity index (χ4v) is 4.79. The highest BCUT2D eigenvalue weighted by molar-refractivity contribution is 5.97. The summed E-state index contributed by atoms with van der Waals surface area (Å²) in [5, 5.41) is 3.35. The molecule has 5 nitrogen and oxygen atoms in total. The van der Waals surface area contributed by atoms with Crippen LogP contribution in [0.1, 0.15) is 61.0 Å². The molecule has 1 atom stereocenters. The van der Waals surface area contributed by atoms with Gasteiger partial charge in [-0.2, -0.15) is 0 Å². The Kier molecular flexibility index (Phi) is 6.02. The number of aromatic nitrogens is 1. The molecule has 5 heteroatoms. The summed E-state index contributed by atoms with van der Waals surface area (Å²) in [7, 11) is 0. The van der Waals surface area contributed by atoms with Gasteiger partial charge in [-0.1, -0.05) is 32.0 Å². The monoisotopic (exact) mass is 392 g/mol. The normalized spacial score (nSPS) is 19.0. The van der Waals surface area contributed by atoms with Crippen LogP contribution in [-0.4, -0.2) is 36.7 Å². The van der Waals surface area contributed by atoms with Gasteiger partial charge in [-0.15, -0.1) is 0 Å². The van der Waals surface area contributed by atoms with E-state index in [1.807, 2.05) is 12.4 Å². The van der Waals surface area contributed by atoms with E-state index in [1.165, 1.54) is 18.5 Å². The van der Waals surface area contributed by atoms with Gasteiger partial charge in [0.05, 0.1) is 17.6 Å². The van der Waals surface area contributed by atoms with Crippen LogP contribution in [0, 0.1) is 0 Å². The zero-order valence-electron chi connectivity index (χ0n) is 17.7. The van der Waals surface area contributed by atoms with E-state index < -0.39 is 0 Å². The first-order chi connectivity index (χ1) is 14.2. The predicted molar refractivity (Wildman–Crippen MR) is 119 cm³/mol. The molecule has 2 fully saturated rings. The highest BCUT2D eigenvalue weighted by Gasteiger charge is 2.30. The first-order valence-corrected chi connectivity index (χ1v) is 11.1. The van der Waals surface area contributed by atoms with E-state index in [0.29, 0.717) is 0 Å². The number of nitrogens with one attached hydrogen (secondary N) is 1. The summed E-state index contributed by atoms with van der Waals surface area (Å²) >= 11 is 0. The SMILES string of the molecule is CCc1cccc(CC)c1C(=O)NC1CCCN1c1cnccc1N1CCCC1. The lowest BCUT2D eigenvalue weighted by Gasteiger charge is -2.32. The van der Waals surface area contributed by atoms with Crippen LogP contribution < -0.4 is 15.1 Å². The Hall–Kier alpha value is -2.56. The minimum absolute atomic E-state index is 0.0164. The predicted octanol–water partition coefficient (Wildman–Crippen LogP) is 4.16. The maximum Gasteiger partial charge on any atom is 0.253 e. The molecular weight excluding hydrogens is 360 g/mol.